The number of nitrogens with two attached hydrogens (primary N) is 1. The number of amides is 2. The lowest BCUT2D eigenvalue weighted by Crippen LogP contribution is -2.17. The lowest BCUT2D eigenvalue weighted by atomic mass is 10.1. The number of hydrogen-bond donors (Lipinski definition) is 3. The van der Waals surface area contributed by atoms with Gasteiger partial charge in [-0.1, -0.05) is 35.9 Å². The van der Waals surface area contributed by atoms with Crippen molar-refractivity contribution in [1.82, 2.24) is 0 Å². The topological polar surface area (TPSA) is 84.2 Å². The molecule has 2 amide bonds. The minimum Gasteiger partial charge on any atom is -0.330 e. The molecule has 0 heterocycles. The van der Waals surface area contributed by atoms with E-state index in [0.29, 0.717) is 17.9 Å². The Morgan fingerprint density at radius 2 is 1.76 bits per heavy atom. The van der Waals surface area contributed by atoms with Gasteiger partial charge >= 0.3 is 0 Å². The van der Waals surface area contributed by atoms with Crippen molar-refractivity contribution in [3.63, 3.8) is 0 Å². The molecule has 0 aliphatic heterocycles. The molecule has 0 saturated carbocycles. The van der Waals surface area contributed by atoms with E-state index in [1.54, 1.807) is 18.2 Å². The Morgan fingerprint density at radius 1 is 1.04 bits per heavy atom. The number of nitrogens with one attached hydrogen (secondary N) is 2. The number of benzene rings is 2. The Labute approximate surface area is 147 Å². The van der Waals surface area contributed by atoms with Crippen molar-refractivity contribution in [2.45, 2.75) is 20.3 Å². The van der Waals surface area contributed by atoms with E-state index in [2.05, 4.69) is 10.6 Å². The molecule has 2 rings (SSSR count). The summed E-state index contributed by atoms with van der Waals surface area (Å²) in [7, 11) is 0. The molecule has 4 N–H and O–H groups in total. The molecule has 2 aromatic carbocycles. The molecule has 130 valence electrons. The van der Waals surface area contributed by atoms with Gasteiger partial charge in [-0.15, -0.1) is 0 Å². The van der Waals surface area contributed by atoms with E-state index < -0.39 is 0 Å². The van der Waals surface area contributed by atoms with Crippen molar-refractivity contribution in [2.75, 3.05) is 17.2 Å². The summed E-state index contributed by atoms with van der Waals surface area (Å²) in [4.78, 5) is 23.8. The van der Waals surface area contributed by atoms with Crippen LogP contribution in [-0.2, 0) is 9.59 Å². The smallest absolute Gasteiger partial charge is 0.248 e. The van der Waals surface area contributed by atoms with Gasteiger partial charge in [-0.3, -0.25) is 9.59 Å². The van der Waals surface area contributed by atoms with Gasteiger partial charge in [-0.2, -0.15) is 0 Å². The van der Waals surface area contributed by atoms with Crippen LogP contribution in [-0.4, -0.2) is 18.4 Å². The molecule has 0 unspecified atom stereocenters. The molecule has 5 nitrogen and oxygen atoms in total. The van der Waals surface area contributed by atoms with Crippen LogP contribution in [0.25, 0.3) is 6.08 Å². The van der Waals surface area contributed by atoms with Gasteiger partial charge < -0.3 is 16.4 Å². The lowest BCUT2D eigenvalue weighted by molar-refractivity contribution is -0.116. The standard InChI is InChI=1S/C20H23N3O2/c1-14-3-6-16(7-4-14)8-10-19(24)22-17-9-5-15(2)18(13-17)23-20(25)11-12-21/h3-10,13H,11-12,21H2,1-2H3,(H,22,24)(H,23,25)/b10-8+. The second-order valence-corrected chi connectivity index (χ2v) is 5.85. The number of rotatable bonds is 6. The largest absolute Gasteiger partial charge is 0.330 e. The van der Waals surface area contributed by atoms with Gasteiger partial charge in [0, 0.05) is 30.4 Å². The van der Waals surface area contributed by atoms with Crippen LogP contribution in [0.2, 0.25) is 0 Å². The monoisotopic (exact) mass is 337 g/mol. The van der Waals surface area contributed by atoms with Gasteiger partial charge in [-0.25, -0.2) is 0 Å². The van der Waals surface area contributed by atoms with Crippen LogP contribution in [0.5, 0.6) is 0 Å². The van der Waals surface area contributed by atoms with E-state index in [9.17, 15) is 9.59 Å². The fraction of sp³-hybridized carbons (Fsp3) is 0.200. The average molecular weight is 337 g/mol. The summed E-state index contributed by atoms with van der Waals surface area (Å²) in [6.45, 7) is 4.20. The summed E-state index contributed by atoms with van der Waals surface area (Å²) in [5, 5.41) is 5.59. The highest BCUT2D eigenvalue weighted by Gasteiger charge is 2.06. The van der Waals surface area contributed by atoms with E-state index in [0.717, 1.165) is 11.1 Å². The number of carbonyl (C=O) groups excluding carboxylic acids is 2. The molecule has 0 aliphatic rings. The van der Waals surface area contributed by atoms with E-state index >= 15 is 0 Å². The molecule has 0 radical (unpaired) electrons. The first-order valence-corrected chi connectivity index (χ1v) is 8.14. The number of carbonyl (C=O) groups is 2. The minimum atomic E-state index is -0.233. The summed E-state index contributed by atoms with van der Waals surface area (Å²) < 4.78 is 0. The van der Waals surface area contributed by atoms with Gasteiger partial charge in [0.2, 0.25) is 11.8 Å². The van der Waals surface area contributed by atoms with Gasteiger partial charge in [0.1, 0.15) is 0 Å². The van der Waals surface area contributed by atoms with Gasteiger partial charge in [0.25, 0.3) is 0 Å². The van der Waals surface area contributed by atoms with Crippen LogP contribution < -0.4 is 16.4 Å². The molecule has 0 aliphatic carbocycles. The third-order valence-electron chi connectivity index (χ3n) is 3.66. The van der Waals surface area contributed by atoms with E-state index in [-0.39, 0.29) is 18.2 Å². The first kappa shape index (κ1) is 18.4. The molecular formula is C20H23N3O2. The zero-order valence-corrected chi connectivity index (χ0v) is 14.5. The Balaban J connectivity index is 2.02. The summed E-state index contributed by atoms with van der Waals surface area (Å²) in [5.74, 6) is -0.378. The van der Waals surface area contributed by atoms with E-state index in [4.69, 9.17) is 5.73 Å². The molecular weight excluding hydrogens is 314 g/mol. The predicted octanol–water partition coefficient (Wildman–Crippen LogP) is 3.24. The second kappa shape index (κ2) is 8.80. The quantitative estimate of drug-likeness (QED) is 0.708. The maximum atomic E-state index is 12.1. The highest BCUT2D eigenvalue weighted by Crippen LogP contribution is 2.20. The number of anilines is 2. The first-order valence-electron chi connectivity index (χ1n) is 8.14. The maximum absolute atomic E-state index is 12.1. The fourth-order valence-electron chi connectivity index (χ4n) is 2.21. The van der Waals surface area contributed by atoms with Gasteiger partial charge in [-0.05, 0) is 43.2 Å². The SMILES string of the molecule is Cc1ccc(/C=C/C(=O)Nc2ccc(C)c(NC(=O)CCN)c2)cc1. The van der Waals surface area contributed by atoms with Crippen LogP contribution in [0.3, 0.4) is 0 Å². The highest BCUT2D eigenvalue weighted by atomic mass is 16.2. The molecule has 25 heavy (non-hydrogen) atoms. The zero-order chi connectivity index (χ0) is 18.2. The van der Waals surface area contributed by atoms with Crippen molar-refractivity contribution >= 4 is 29.3 Å². The van der Waals surface area contributed by atoms with Crippen molar-refractivity contribution < 1.29 is 9.59 Å². The third-order valence-corrected chi connectivity index (χ3v) is 3.66. The van der Waals surface area contributed by atoms with Crippen LogP contribution >= 0.6 is 0 Å². The predicted molar refractivity (Wildman–Crippen MR) is 102 cm³/mol. The van der Waals surface area contributed by atoms with Crippen molar-refractivity contribution in [2.24, 2.45) is 5.73 Å². The number of hydrogen-bond acceptors (Lipinski definition) is 3. The van der Waals surface area contributed by atoms with Crippen molar-refractivity contribution in [1.29, 1.82) is 0 Å². The van der Waals surface area contributed by atoms with Crippen LogP contribution in [0.15, 0.2) is 48.5 Å². The molecule has 0 bridgehead atoms. The summed E-state index contributed by atoms with van der Waals surface area (Å²) in [6.07, 6.45) is 3.50. The van der Waals surface area contributed by atoms with Gasteiger partial charge in [0.05, 0.1) is 0 Å². The van der Waals surface area contributed by atoms with Crippen molar-refractivity contribution in [3.05, 3.63) is 65.2 Å². The summed E-state index contributed by atoms with van der Waals surface area (Å²) >= 11 is 0. The minimum absolute atomic E-state index is 0.145. The molecule has 5 heteroatoms. The molecule has 0 spiro atoms. The lowest BCUT2D eigenvalue weighted by Gasteiger charge is -2.10. The Bertz CT molecular complexity index is 780. The van der Waals surface area contributed by atoms with Crippen LogP contribution in [0.1, 0.15) is 23.1 Å². The maximum Gasteiger partial charge on any atom is 0.248 e. The Hall–Kier alpha value is -2.92. The Morgan fingerprint density at radius 3 is 2.44 bits per heavy atom. The molecule has 2 aromatic rings. The normalized spacial score (nSPS) is 10.7. The van der Waals surface area contributed by atoms with Crippen molar-refractivity contribution in [3.8, 4) is 0 Å². The second-order valence-electron chi connectivity index (χ2n) is 5.85. The summed E-state index contributed by atoms with van der Waals surface area (Å²) in [6, 6.07) is 13.3. The fourth-order valence-corrected chi connectivity index (χ4v) is 2.21. The van der Waals surface area contributed by atoms with Crippen LogP contribution in [0.4, 0.5) is 11.4 Å². The van der Waals surface area contributed by atoms with Gasteiger partial charge in [0.15, 0.2) is 0 Å². The molecule has 0 aromatic heterocycles. The zero-order valence-electron chi connectivity index (χ0n) is 14.5. The Kier molecular flexibility index (Phi) is 6.48. The molecule has 0 atom stereocenters. The van der Waals surface area contributed by atoms with E-state index in [1.165, 1.54) is 11.6 Å². The highest BCUT2D eigenvalue weighted by molar-refractivity contribution is 6.02. The summed E-state index contributed by atoms with van der Waals surface area (Å²) in [5.41, 5.74) is 9.71. The first-order chi connectivity index (χ1) is 12.0. The van der Waals surface area contributed by atoms with E-state index in [1.807, 2.05) is 44.2 Å². The third kappa shape index (κ3) is 5.90. The molecule has 0 fully saturated rings. The molecule has 0 saturated heterocycles. The average Bonchev–Trinajstić information content (AvgIpc) is 2.57. The number of aryl methyl sites for hydroxylation is 2. The van der Waals surface area contributed by atoms with Crippen LogP contribution in [0, 0.1) is 13.8 Å².